The van der Waals surface area contributed by atoms with Crippen LogP contribution in [0, 0.1) is 0 Å². The first-order valence-corrected chi connectivity index (χ1v) is 6.33. The predicted molar refractivity (Wildman–Crippen MR) is 73.0 cm³/mol. The van der Waals surface area contributed by atoms with Crippen LogP contribution < -0.4 is 5.32 Å². The van der Waals surface area contributed by atoms with Crippen LogP contribution in [0.2, 0.25) is 0 Å². The summed E-state index contributed by atoms with van der Waals surface area (Å²) < 4.78 is 1.95. The van der Waals surface area contributed by atoms with Crippen LogP contribution in [-0.2, 0) is 0 Å². The zero-order valence-corrected chi connectivity index (χ0v) is 10.6. The minimum atomic E-state index is -0.00671. The van der Waals surface area contributed by atoms with Crippen molar-refractivity contribution in [3.8, 4) is 5.69 Å². The molecule has 0 unspecified atom stereocenters. The molecule has 2 rings (SSSR count). The summed E-state index contributed by atoms with van der Waals surface area (Å²) >= 11 is 0. The van der Waals surface area contributed by atoms with E-state index in [1.807, 2.05) is 53.4 Å². The van der Waals surface area contributed by atoms with E-state index in [1.165, 1.54) is 0 Å². The number of unbranched alkanes of at least 4 members (excludes halogenated alkanes) is 1. The maximum absolute atomic E-state index is 12.1. The molecular formula is C15H18N2O. The molecule has 0 fully saturated rings. The molecule has 1 aromatic heterocycles. The highest BCUT2D eigenvalue weighted by Gasteiger charge is 2.10. The molecule has 18 heavy (non-hydrogen) atoms. The van der Waals surface area contributed by atoms with E-state index in [2.05, 4.69) is 12.2 Å². The van der Waals surface area contributed by atoms with Gasteiger partial charge in [-0.25, -0.2) is 0 Å². The van der Waals surface area contributed by atoms with E-state index in [4.69, 9.17) is 0 Å². The van der Waals surface area contributed by atoms with E-state index in [9.17, 15) is 4.79 Å². The molecule has 0 atom stereocenters. The Balaban J connectivity index is 2.20. The lowest BCUT2D eigenvalue weighted by Gasteiger charge is -2.10. The number of rotatable bonds is 5. The molecule has 2 aromatic rings. The van der Waals surface area contributed by atoms with Crippen molar-refractivity contribution in [2.75, 3.05) is 6.54 Å². The van der Waals surface area contributed by atoms with Gasteiger partial charge in [-0.2, -0.15) is 0 Å². The number of hydrogen-bond acceptors (Lipinski definition) is 1. The summed E-state index contributed by atoms with van der Waals surface area (Å²) in [4.78, 5) is 12.1. The van der Waals surface area contributed by atoms with Crippen molar-refractivity contribution in [3.05, 3.63) is 54.4 Å². The monoisotopic (exact) mass is 242 g/mol. The minimum absolute atomic E-state index is 0.00671. The van der Waals surface area contributed by atoms with Gasteiger partial charge in [0.05, 0.1) is 11.3 Å². The molecule has 0 aliphatic rings. The number of amides is 1. The van der Waals surface area contributed by atoms with Crippen molar-refractivity contribution in [1.29, 1.82) is 0 Å². The maximum atomic E-state index is 12.1. The normalized spacial score (nSPS) is 10.3. The van der Waals surface area contributed by atoms with Gasteiger partial charge in [-0.15, -0.1) is 0 Å². The van der Waals surface area contributed by atoms with Crippen LogP contribution in [0.5, 0.6) is 0 Å². The van der Waals surface area contributed by atoms with E-state index in [0.29, 0.717) is 5.56 Å². The molecule has 94 valence electrons. The van der Waals surface area contributed by atoms with Crippen LogP contribution in [0.4, 0.5) is 0 Å². The Morgan fingerprint density at radius 3 is 2.61 bits per heavy atom. The van der Waals surface area contributed by atoms with Crippen LogP contribution in [-0.4, -0.2) is 17.0 Å². The summed E-state index contributed by atoms with van der Waals surface area (Å²) in [5.41, 5.74) is 1.63. The maximum Gasteiger partial charge on any atom is 0.253 e. The summed E-state index contributed by atoms with van der Waals surface area (Å²) in [6.45, 7) is 2.84. The smallest absolute Gasteiger partial charge is 0.253 e. The van der Waals surface area contributed by atoms with Crippen LogP contribution in [0.15, 0.2) is 48.8 Å². The third kappa shape index (κ3) is 2.80. The second kappa shape index (κ2) is 6.05. The molecule has 0 aliphatic carbocycles. The molecule has 1 amide bonds. The summed E-state index contributed by atoms with van der Waals surface area (Å²) in [5.74, 6) is -0.00671. The van der Waals surface area contributed by atoms with Crippen LogP contribution in [0.3, 0.4) is 0 Å². The molecule has 3 heteroatoms. The summed E-state index contributed by atoms with van der Waals surface area (Å²) in [7, 11) is 0. The van der Waals surface area contributed by atoms with Crippen LogP contribution in [0.25, 0.3) is 5.69 Å². The number of para-hydroxylation sites is 1. The van der Waals surface area contributed by atoms with E-state index in [0.717, 1.165) is 25.1 Å². The number of nitrogens with one attached hydrogen (secondary N) is 1. The van der Waals surface area contributed by atoms with Crippen molar-refractivity contribution < 1.29 is 4.79 Å². The first kappa shape index (κ1) is 12.4. The molecule has 0 bridgehead atoms. The van der Waals surface area contributed by atoms with Gasteiger partial charge in [0, 0.05) is 18.9 Å². The van der Waals surface area contributed by atoms with Crippen molar-refractivity contribution in [1.82, 2.24) is 9.88 Å². The average molecular weight is 242 g/mol. The van der Waals surface area contributed by atoms with Crippen molar-refractivity contribution in [2.45, 2.75) is 19.8 Å². The number of carbonyl (C=O) groups is 1. The number of hydrogen-bond donors (Lipinski definition) is 1. The Hall–Kier alpha value is -2.03. The van der Waals surface area contributed by atoms with Crippen molar-refractivity contribution in [3.63, 3.8) is 0 Å². The number of nitrogens with zero attached hydrogens (tertiary/aromatic N) is 1. The highest BCUT2D eigenvalue weighted by Crippen LogP contribution is 2.14. The standard InChI is InChI=1S/C15H18N2O/c1-2-3-10-16-15(18)13-8-4-5-9-14(13)17-11-6-7-12-17/h4-9,11-12H,2-3,10H2,1H3,(H,16,18). The Labute approximate surface area is 107 Å². The largest absolute Gasteiger partial charge is 0.352 e. The molecule has 0 aliphatic heterocycles. The van der Waals surface area contributed by atoms with Crippen molar-refractivity contribution >= 4 is 5.91 Å². The first-order valence-electron chi connectivity index (χ1n) is 6.33. The van der Waals surface area contributed by atoms with Gasteiger partial charge in [-0.3, -0.25) is 4.79 Å². The molecule has 1 N–H and O–H groups in total. The molecule has 3 nitrogen and oxygen atoms in total. The lowest BCUT2D eigenvalue weighted by atomic mass is 10.1. The zero-order valence-electron chi connectivity index (χ0n) is 10.6. The molecule has 0 saturated carbocycles. The summed E-state index contributed by atoms with van der Waals surface area (Å²) in [5, 5.41) is 2.95. The quantitative estimate of drug-likeness (QED) is 0.803. The topological polar surface area (TPSA) is 34.0 Å². The van der Waals surface area contributed by atoms with E-state index >= 15 is 0 Å². The van der Waals surface area contributed by atoms with Gasteiger partial charge in [0.15, 0.2) is 0 Å². The van der Waals surface area contributed by atoms with Gasteiger partial charge in [0.25, 0.3) is 5.91 Å². The van der Waals surface area contributed by atoms with Gasteiger partial charge < -0.3 is 9.88 Å². The van der Waals surface area contributed by atoms with Crippen LogP contribution in [0.1, 0.15) is 30.1 Å². The Kier molecular flexibility index (Phi) is 4.18. The van der Waals surface area contributed by atoms with Gasteiger partial charge in [0.1, 0.15) is 0 Å². The van der Waals surface area contributed by atoms with Gasteiger partial charge in [-0.05, 0) is 30.7 Å². The fourth-order valence-corrected chi connectivity index (χ4v) is 1.86. The van der Waals surface area contributed by atoms with E-state index in [1.54, 1.807) is 0 Å². The van der Waals surface area contributed by atoms with Gasteiger partial charge in [-0.1, -0.05) is 25.5 Å². The molecule has 0 saturated heterocycles. The van der Waals surface area contributed by atoms with Gasteiger partial charge in [0.2, 0.25) is 0 Å². The fourth-order valence-electron chi connectivity index (χ4n) is 1.86. The Bertz CT molecular complexity index is 503. The lowest BCUT2D eigenvalue weighted by molar-refractivity contribution is 0.0953. The minimum Gasteiger partial charge on any atom is -0.352 e. The summed E-state index contributed by atoms with van der Waals surface area (Å²) in [6.07, 6.45) is 5.98. The average Bonchev–Trinajstić information content (AvgIpc) is 2.93. The Morgan fingerprint density at radius 1 is 1.17 bits per heavy atom. The highest BCUT2D eigenvalue weighted by atomic mass is 16.1. The highest BCUT2D eigenvalue weighted by molar-refractivity contribution is 5.97. The predicted octanol–water partition coefficient (Wildman–Crippen LogP) is 3.01. The molecule has 0 radical (unpaired) electrons. The summed E-state index contributed by atoms with van der Waals surface area (Å²) in [6, 6.07) is 11.5. The number of benzene rings is 1. The first-order chi connectivity index (χ1) is 8.83. The van der Waals surface area contributed by atoms with Crippen LogP contribution >= 0.6 is 0 Å². The third-order valence-corrected chi connectivity index (χ3v) is 2.85. The Morgan fingerprint density at radius 2 is 1.89 bits per heavy atom. The van der Waals surface area contributed by atoms with Crippen molar-refractivity contribution in [2.24, 2.45) is 0 Å². The number of carbonyl (C=O) groups excluding carboxylic acids is 1. The second-order valence-corrected chi connectivity index (χ2v) is 4.22. The molecule has 0 spiro atoms. The van der Waals surface area contributed by atoms with E-state index < -0.39 is 0 Å². The van der Waals surface area contributed by atoms with Gasteiger partial charge >= 0.3 is 0 Å². The third-order valence-electron chi connectivity index (χ3n) is 2.85. The number of aromatic nitrogens is 1. The molecule has 1 aromatic carbocycles. The fraction of sp³-hybridized carbons (Fsp3) is 0.267. The zero-order chi connectivity index (χ0) is 12.8. The lowest BCUT2D eigenvalue weighted by Crippen LogP contribution is -2.25. The van der Waals surface area contributed by atoms with E-state index in [-0.39, 0.29) is 5.91 Å². The second-order valence-electron chi connectivity index (χ2n) is 4.22. The molecule has 1 heterocycles. The SMILES string of the molecule is CCCCNC(=O)c1ccccc1-n1cccc1. The molecular weight excluding hydrogens is 224 g/mol.